The van der Waals surface area contributed by atoms with Crippen LogP contribution in [0.2, 0.25) is 0 Å². The molecule has 0 saturated heterocycles. The Morgan fingerprint density at radius 3 is 2.64 bits per heavy atom. The van der Waals surface area contributed by atoms with E-state index in [0.717, 1.165) is 28.0 Å². The van der Waals surface area contributed by atoms with Crippen molar-refractivity contribution in [3.05, 3.63) is 102 Å². The van der Waals surface area contributed by atoms with Gasteiger partial charge in [-0.1, -0.05) is 42.5 Å². The number of pyridine rings is 2. The largest absolute Gasteiger partial charge is 0.367 e. The average Bonchev–Trinajstić information content (AvgIpc) is 3.18. The molecule has 2 N–H and O–H groups in total. The highest BCUT2D eigenvalue weighted by Gasteiger charge is 2.20. The molecule has 1 aliphatic heterocycles. The first-order chi connectivity index (χ1) is 16.2. The zero-order valence-corrected chi connectivity index (χ0v) is 18.1. The van der Waals surface area contributed by atoms with Crippen LogP contribution < -0.4 is 15.5 Å². The summed E-state index contributed by atoms with van der Waals surface area (Å²) >= 11 is 0. The third-order valence-electron chi connectivity index (χ3n) is 5.28. The zero-order valence-electron chi connectivity index (χ0n) is 18.1. The molecule has 1 aliphatic rings. The van der Waals surface area contributed by atoms with E-state index >= 15 is 0 Å². The molecule has 7 heteroatoms. The molecule has 3 heterocycles. The van der Waals surface area contributed by atoms with Crippen molar-refractivity contribution in [3.63, 3.8) is 0 Å². The van der Waals surface area contributed by atoms with Gasteiger partial charge in [0.1, 0.15) is 5.70 Å². The van der Waals surface area contributed by atoms with Gasteiger partial charge < -0.3 is 10.2 Å². The maximum absolute atomic E-state index is 12.4. The SMILES string of the molecule is CN(Cc1ccccn1)c1cccc2ccc(C=C3N=C(Nc4ccccc4)NC3=O)nc12. The van der Waals surface area contributed by atoms with E-state index in [1.54, 1.807) is 12.3 Å². The number of aromatic nitrogens is 2. The molecule has 162 valence electrons. The number of fused-ring (bicyclic) bond motifs is 1. The van der Waals surface area contributed by atoms with Crippen LogP contribution in [0.3, 0.4) is 0 Å². The van der Waals surface area contributed by atoms with E-state index in [1.165, 1.54) is 0 Å². The van der Waals surface area contributed by atoms with Gasteiger partial charge in [0.2, 0.25) is 5.96 Å². The third kappa shape index (κ3) is 4.57. The molecule has 1 amide bonds. The van der Waals surface area contributed by atoms with Crippen LogP contribution in [0.15, 0.2) is 95.7 Å². The lowest BCUT2D eigenvalue weighted by molar-refractivity contribution is -0.115. The Bertz CT molecular complexity index is 1370. The standard InChI is InChI=1S/C26H22N6O/c1-32(17-21-11-5-6-15-27-21)23-12-7-8-18-13-14-20(28-24(18)23)16-22-25(33)31-26(30-22)29-19-9-3-2-4-10-19/h2-16H,17H2,1H3,(H2,29,30,31,33). The second-order valence-corrected chi connectivity index (χ2v) is 7.70. The van der Waals surface area contributed by atoms with E-state index in [1.807, 2.05) is 85.9 Å². The van der Waals surface area contributed by atoms with Crippen molar-refractivity contribution in [2.24, 2.45) is 4.99 Å². The van der Waals surface area contributed by atoms with Crippen molar-refractivity contribution in [1.29, 1.82) is 0 Å². The molecule has 0 spiro atoms. The third-order valence-corrected chi connectivity index (χ3v) is 5.28. The Hall–Kier alpha value is -4.52. The summed E-state index contributed by atoms with van der Waals surface area (Å²) in [5, 5.41) is 6.89. The molecule has 0 atom stereocenters. The lowest BCUT2D eigenvalue weighted by Crippen LogP contribution is -2.29. The van der Waals surface area contributed by atoms with Gasteiger partial charge in [0, 0.05) is 24.3 Å². The Kier molecular flexibility index (Phi) is 5.51. The first-order valence-electron chi connectivity index (χ1n) is 10.6. The van der Waals surface area contributed by atoms with E-state index in [9.17, 15) is 4.79 Å². The summed E-state index contributed by atoms with van der Waals surface area (Å²) in [5.74, 6) is 0.130. The summed E-state index contributed by atoms with van der Waals surface area (Å²) in [6, 6.07) is 25.4. The van der Waals surface area contributed by atoms with Crippen molar-refractivity contribution in [3.8, 4) is 0 Å². The Balaban J connectivity index is 1.43. The van der Waals surface area contributed by atoms with Gasteiger partial charge in [-0.3, -0.25) is 15.1 Å². The van der Waals surface area contributed by atoms with Gasteiger partial charge in [-0.2, -0.15) is 0 Å². The van der Waals surface area contributed by atoms with Gasteiger partial charge in [-0.05, 0) is 42.5 Å². The number of guanidine groups is 1. The molecule has 2 aromatic carbocycles. The van der Waals surface area contributed by atoms with E-state index in [4.69, 9.17) is 4.98 Å². The van der Waals surface area contributed by atoms with Crippen LogP contribution in [-0.2, 0) is 11.3 Å². The molecule has 7 nitrogen and oxygen atoms in total. The normalized spacial score (nSPS) is 14.3. The van der Waals surface area contributed by atoms with Gasteiger partial charge in [0.05, 0.1) is 29.1 Å². The number of amides is 1. The molecular formula is C26H22N6O. The number of para-hydroxylation sites is 2. The second-order valence-electron chi connectivity index (χ2n) is 7.70. The van der Waals surface area contributed by atoms with Crippen molar-refractivity contribution < 1.29 is 4.79 Å². The molecule has 0 radical (unpaired) electrons. The molecule has 0 fully saturated rings. The molecule has 0 aliphatic carbocycles. The van der Waals surface area contributed by atoms with Crippen LogP contribution in [-0.4, -0.2) is 28.9 Å². The van der Waals surface area contributed by atoms with Gasteiger partial charge >= 0.3 is 0 Å². The van der Waals surface area contributed by atoms with E-state index in [2.05, 4.69) is 25.5 Å². The summed E-state index contributed by atoms with van der Waals surface area (Å²) in [6.45, 7) is 0.661. The summed E-state index contributed by atoms with van der Waals surface area (Å²) in [7, 11) is 2.02. The first kappa shape index (κ1) is 20.4. The van der Waals surface area contributed by atoms with Gasteiger partial charge in [-0.15, -0.1) is 0 Å². The highest BCUT2D eigenvalue weighted by molar-refractivity contribution is 6.17. The molecule has 2 aromatic heterocycles. The Morgan fingerprint density at radius 1 is 0.970 bits per heavy atom. The molecule has 4 aromatic rings. The summed E-state index contributed by atoms with van der Waals surface area (Å²) in [4.78, 5) is 28.2. The number of nitrogens with zero attached hydrogens (tertiary/aromatic N) is 4. The number of hydrogen-bond donors (Lipinski definition) is 2. The number of carbonyl (C=O) groups excluding carboxylic acids is 1. The van der Waals surface area contributed by atoms with Crippen LogP contribution in [0, 0.1) is 0 Å². The molecule has 33 heavy (non-hydrogen) atoms. The summed E-state index contributed by atoms with van der Waals surface area (Å²) in [6.07, 6.45) is 3.49. The number of anilines is 2. The van der Waals surface area contributed by atoms with E-state index in [0.29, 0.717) is 23.9 Å². The van der Waals surface area contributed by atoms with Gasteiger partial charge in [0.25, 0.3) is 5.91 Å². The quantitative estimate of drug-likeness (QED) is 0.460. The zero-order chi connectivity index (χ0) is 22.6. The summed E-state index contributed by atoms with van der Waals surface area (Å²) < 4.78 is 0. The number of hydrogen-bond acceptors (Lipinski definition) is 6. The topological polar surface area (TPSA) is 82.5 Å². The van der Waals surface area contributed by atoms with Crippen LogP contribution in [0.5, 0.6) is 0 Å². The number of nitrogens with one attached hydrogen (secondary N) is 2. The van der Waals surface area contributed by atoms with E-state index < -0.39 is 0 Å². The minimum atomic E-state index is -0.268. The summed E-state index contributed by atoms with van der Waals surface area (Å²) in [5.41, 5.74) is 4.64. The van der Waals surface area contributed by atoms with Crippen molar-refractivity contribution in [2.45, 2.75) is 6.54 Å². The number of aliphatic imine (C=N–C) groups is 1. The van der Waals surface area contributed by atoms with Crippen molar-refractivity contribution >= 4 is 40.2 Å². The fraction of sp³-hybridized carbons (Fsp3) is 0.0769. The molecule has 0 saturated carbocycles. The second kappa shape index (κ2) is 8.92. The average molecular weight is 435 g/mol. The smallest absolute Gasteiger partial charge is 0.276 e. The van der Waals surface area contributed by atoms with Gasteiger partial charge in [-0.25, -0.2) is 9.98 Å². The highest BCUT2D eigenvalue weighted by atomic mass is 16.2. The molecule has 0 unspecified atom stereocenters. The lowest BCUT2D eigenvalue weighted by Gasteiger charge is -2.20. The minimum Gasteiger partial charge on any atom is -0.367 e. The van der Waals surface area contributed by atoms with Crippen molar-refractivity contribution in [1.82, 2.24) is 15.3 Å². The minimum absolute atomic E-state index is 0.268. The van der Waals surface area contributed by atoms with Crippen LogP contribution in [0.4, 0.5) is 11.4 Å². The van der Waals surface area contributed by atoms with Gasteiger partial charge in [0.15, 0.2) is 0 Å². The molecule has 5 rings (SSSR count). The predicted molar refractivity (Wildman–Crippen MR) is 132 cm³/mol. The first-order valence-corrected chi connectivity index (χ1v) is 10.6. The Morgan fingerprint density at radius 2 is 1.82 bits per heavy atom. The fourth-order valence-corrected chi connectivity index (χ4v) is 3.68. The fourth-order valence-electron chi connectivity index (χ4n) is 3.68. The van der Waals surface area contributed by atoms with Crippen LogP contribution in [0.25, 0.3) is 17.0 Å². The number of carbonyl (C=O) groups is 1. The van der Waals surface area contributed by atoms with E-state index in [-0.39, 0.29) is 5.91 Å². The maximum atomic E-state index is 12.4. The maximum Gasteiger partial charge on any atom is 0.276 e. The number of benzene rings is 2. The van der Waals surface area contributed by atoms with Crippen LogP contribution >= 0.6 is 0 Å². The molecular weight excluding hydrogens is 412 g/mol. The van der Waals surface area contributed by atoms with Crippen molar-refractivity contribution in [2.75, 3.05) is 17.3 Å². The highest BCUT2D eigenvalue weighted by Crippen LogP contribution is 2.26. The van der Waals surface area contributed by atoms with Crippen LogP contribution in [0.1, 0.15) is 11.4 Å². The number of rotatable bonds is 5. The predicted octanol–water partition coefficient (Wildman–Crippen LogP) is 4.21. The Labute approximate surface area is 191 Å². The molecule has 0 bridgehead atoms. The lowest BCUT2D eigenvalue weighted by atomic mass is 10.1. The monoisotopic (exact) mass is 434 g/mol.